The zero-order valence-electron chi connectivity index (χ0n) is 17.4. The predicted molar refractivity (Wildman–Crippen MR) is 115 cm³/mol. The molecular weight excluding hydrogens is 402 g/mol. The van der Waals surface area contributed by atoms with Crippen LogP contribution in [-0.2, 0) is 4.79 Å². The number of carbonyl (C=O) groups is 1. The van der Waals surface area contributed by atoms with Gasteiger partial charge < -0.3 is 15.5 Å². The van der Waals surface area contributed by atoms with Crippen molar-refractivity contribution in [3.8, 4) is 5.69 Å². The first-order valence-corrected chi connectivity index (χ1v) is 10.2. The number of carbonyl (C=O) groups excluding carboxylic acids is 1. The van der Waals surface area contributed by atoms with Crippen LogP contribution in [0.1, 0.15) is 25.3 Å². The van der Waals surface area contributed by atoms with Gasteiger partial charge in [-0.15, -0.1) is 5.10 Å². The Bertz CT molecular complexity index is 1070. The first kappa shape index (κ1) is 20.8. The Morgan fingerprint density at radius 3 is 2.45 bits per heavy atom. The number of nitrogens with one attached hydrogen (secondary N) is 2. The molecule has 9 heteroatoms. The topological polar surface area (TPSA) is 75.1 Å². The van der Waals surface area contributed by atoms with E-state index in [1.807, 2.05) is 30.0 Å². The fourth-order valence-corrected chi connectivity index (χ4v) is 3.71. The number of aryl methyl sites for hydroxylation is 1. The Kier molecular flexibility index (Phi) is 5.83. The smallest absolute Gasteiger partial charge is 0.246 e. The highest BCUT2D eigenvalue weighted by Gasteiger charge is 2.20. The summed E-state index contributed by atoms with van der Waals surface area (Å²) in [4.78, 5) is 17.5. The zero-order chi connectivity index (χ0) is 22.0. The van der Waals surface area contributed by atoms with E-state index in [0.29, 0.717) is 12.0 Å². The molecule has 4 rings (SSSR count). The summed E-state index contributed by atoms with van der Waals surface area (Å²) in [7, 11) is 0. The van der Waals surface area contributed by atoms with Gasteiger partial charge in [0.15, 0.2) is 0 Å². The number of anilines is 3. The summed E-state index contributed by atoms with van der Waals surface area (Å²) in [5, 5.41) is 10.9. The van der Waals surface area contributed by atoms with Crippen LogP contribution in [0, 0.1) is 18.6 Å². The summed E-state index contributed by atoms with van der Waals surface area (Å²) in [6, 6.07) is 9.41. The molecule has 1 amide bonds. The Labute approximate surface area is 179 Å². The number of piperidine rings is 1. The summed E-state index contributed by atoms with van der Waals surface area (Å²) in [6.45, 7) is 5.17. The third-order valence-corrected chi connectivity index (χ3v) is 5.39. The lowest BCUT2D eigenvalue weighted by molar-refractivity contribution is -0.129. The molecule has 1 aromatic heterocycles. The lowest BCUT2D eigenvalue weighted by atomic mass is 10.0. The molecule has 1 aliphatic rings. The standard InChI is InChI=1S/C22H24F2N6O/c1-14-9-19(3-4-21(14)26-18-5-7-29(8-6-18)15(2)31)27-22-25-13-30(28-22)20-11-16(23)10-17(24)12-20/h3-4,9-13,18,26H,5-8H2,1-2H3,(H,27,28). The molecule has 1 fully saturated rings. The van der Waals surface area contributed by atoms with E-state index in [-0.39, 0.29) is 11.6 Å². The number of aromatic nitrogens is 3. The number of benzene rings is 2. The van der Waals surface area contributed by atoms with Crippen molar-refractivity contribution in [3.63, 3.8) is 0 Å². The predicted octanol–water partition coefficient (Wildman–Crippen LogP) is 4.02. The maximum atomic E-state index is 13.4. The molecule has 0 saturated carbocycles. The van der Waals surface area contributed by atoms with E-state index in [4.69, 9.17) is 0 Å². The second-order valence-electron chi connectivity index (χ2n) is 7.72. The Morgan fingerprint density at radius 1 is 1.10 bits per heavy atom. The minimum atomic E-state index is -0.675. The maximum absolute atomic E-state index is 13.4. The highest BCUT2D eigenvalue weighted by atomic mass is 19.1. The minimum Gasteiger partial charge on any atom is -0.382 e. The molecular formula is C22H24F2N6O. The van der Waals surface area contributed by atoms with Gasteiger partial charge in [-0.1, -0.05) is 0 Å². The zero-order valence-corrected chi connectivity index (χ0v) is 17.4. The molecule has 3 aromatic rings. The van der Waals surface area contributed by atoms with Gasteiger partial charge in [-0.05, 0) is 55.7 Å². The van der Waals surface area contributed by atoms with Crippen LogP contribution in [0.5, 0.6) is 0 Å². The highest BCUT2D eigenvalue weighted by molar-refractivity contribution is 5.73. The molecule has 0 atom stereocenters. The molecule has 0 radical (unpaired) electrons. The lowest BCUT2D eigenvalue weighted by Gasteiger charge is -2.32. The van der Waals surface area contributed by atoms with Crippen molar-refractivity contribution in [2.45, 2.75) is 32.7 Å². The van der Waals surface area contributed by atoms with E-state index in [1.165, 1.54) is 23.1 Å². The third-order valence-electron chi connectivity index (χ3n) is 5.39. The average molecular weight is 426 g/mol. The Morgan fingerprint density at radius 2 is 1.81 bits per heavy atom. The van der Waals surface area contributed by atoms with E-state index in [0.717, 1.165) is 48.9 Å². The number of amides is 1. The summed E-state index contributed by atoms with van der Waals surface area (Å²) < 4.78 is 28.2. The average Bonchev–Trinajstić information content (AvgIpc) is 3.18. The van der Waals surface area contributed by atoms with Crippen molar-refractivity contribution < 1.29 is 13.6 Å². The second-order valence-corrected chi connectivity index (χ2v) is 7.72. The van der Waals surface area contributed by atoms with Gasteiger partial charge in [-0.25, -0.2) is 13.5 Å². The van der Waals surface area contributed by atoms with Gasteiger partial charge in [0.2, 0.25) is 11.9 Å². The van der Waals surface area contributed by atoms with Crippen LogP contribution in [0.2, 0.25) is 0 Å². The normalized spacial score (nSPS) is 14.5. The van der Waals surface area contributed by atoms with E-state index >= 15 is 0 Å². The fourth-order valence-electron chi connectivity index (χ4n) is 3.71. The molecule has 2 heterocycles. The molecule has 0 aliphatic carbocycles. The van der Waals surface area contributed by atoms with Gasteiger partial charge in [-0.2, -0.15) is 4.98 Å². The van der Waals surface area contributed by atoms with Crippen molar-refractivity contribution in [1.82, 2.24) is 19.7 Å². The molecule has 7 nitrogen and oxygen atoms in total. The van der Waals surface area contributed by atoms with E-state index < -0.39 is 11.6 Å². The summed E-state index contributed by atoms with van der Waals surface area (Å²) in [6.07, 6.45) is 3.23. The van der Waals surface area contributed by atoms with Gasteiger partial charge in [0, 0.05) is 43.5 Å². The van der Waals surface area contributed by atoms with Gasteiger partial charge in [-0.3, -0.25) is 4.79 Å². The van der Waals surface area contributed by atoms with Crippen molar-refractivity contribution in [3.05, 3.63) is 59.9 Å². The molecule has 2 aromatic carbocycles. The SMILES string of the molecule is CC(=O)N1CCC(Nc2ccc(Nc3ncn(-c4cc(F)cc(F)c4)n3)cc2C)CC1. The second kappa shape index (κ2) is 8.71. The van der Waals surface area contributed by atoms with Crippen LogP contribution < -0.4 is 10.6 Å². The van der Waals surface area contributed by atoms with Crippen LogP contribution in [0.3, 0.4) is 0 Å². The number of likely N-dealkylation sites (tertiary alicyclic amines) is 1. The number of halogens is 2. The van der Waals surface area contributed by atoms with Crippen molar-refractivity contribution in [2.75, 3.05) is 23.7 Å². The van der Waals surface area contributed by atoms with Crippen molar-refractivity contribution >= 4 is 23.2 Å². The van der Waals surface area contributed by atoms with Crippen LogP contribution in [0.15, 0.2) is 42.7 Å². The van der Waals surface area contributed by atoms with Crippen molar-refractivity contribution in [1.29, 1.82) is 0 Å². The molecule has 0 unspecified atom stereocenters. The molecule has 2 N–H and O–H groups in total. The molecule has 0 bridgehead atoms. The summed E-state index contributed by atoms with van der Waals surface area (Å²) in [5.74, 6) is -0.901. The number of rotatable bonds is 5. The number of hydrogen-bond acceptors (Lipinski definition) is 5. The van der Waals surface area contributed by atoms with Crippen molar-refractivity contribution in [2.24, 2.45) is 0 Å². The monoisotopic (exact) mass is 426 g/mol. The highest BCUT2D eigenvalue weighted by Crippen LogP contribution is 2.24. The Hall–Kier alpha value is -3.49. The minimum absolute atomic E-state index is 0.128. The summed E-state index contributed by atoms with van der Waals surface area (Å²) in [5.41, 5.74) is 3.16. The molecule has 0 spiro atoms. The third kappa shape index (κ3) is 4.99. The maximum Gasteiger partial charge on any atom is 0.246 e. The molecule has 1 aliphatic heterocycles. The molecule has 162 valence electrons. The van der Waals surface area contributed by atoms with Gasteiger partial charge in [0.05, 0.1) is 5.69 Å². The van der Waals surface area contributed by atoms with Gasteiger partial charge in [0.1, 0.15) is 18.0 Å². The van der Waals surface area contributed by atoms with Gasteiger partial charge >= 0.3 is 0 Å². The quantitative estimate of drug-likeness (QED) is 0.645. The van der Waals surface area contributed by atoms with E-state index in [1.54, 1.807) is 6.92 Å². The Balaban J connectivity index is 1.40. The number of nitrogens with zero attached hydrogens (tertiary/aromatic N) is 4. The molecule has 1 saturated heterocycles. The lowest BCUT2D eigenvalue weighted by Crippen LogP contribution is -2.41. The van der Waals surface area contributed by atoms with Crippen LogP contribution in [0.25, 0.3) is 5.69 Å². The molecule has 31 heavy (non-hydrogen) atoms. The number of hydrogen-bond donors (Lipinski definition) is 2. The van der Waals surface area contributed by atoms with E-state index in [2.05, 4.69) is 20.7 Å². The fraction of sp³-hybridized carbons (Fsp3) is 0.318. The van der Waals surface area contributed by atoms with E-state index in [9.17, 15) is 13.6 Å². The first-order valence-electron chi connectivity index (χ1n) is 10.2. The first-order chi connectivity index (χ1) is 14.9. The van der Waals surface area contributed by atoms with Crippen LogP contribution in [0.4, 0.5) is 26.1 Å². The van der Waals surface area contributed by atoms with Crippen LogP contribution >= 0.6 is 0 Å². The van der Waals surface area contributed by atoms with Crippen LogP contribution in [-0.4, -0.2) is 44.7 Å². The largest absolute Gasteiger partial charge is 0.382 e. The van der Waals surface area contributed by atoms with Gasteiger partial charge in [0.25, 0.3) is 0 Å². The summed E-state index contributed by atoms with van der Waals surface area (Å²) >= 11 is 0.